The van der Waals surface area contributed by atoms with E-state index in [4.69, 9.17) is 11.6 Å². The average Bonchev–Trinajstić information content (AvgIpc) is 2.85. The fourth-order valence-corrected chi connectivity index (χ4v) is 4.25. The molecule has 2 aliphatic rings. The third kappa shape index (κ3) is 2.68. The Hall–Kier alpha value is -1.78. The molecule has 1 aromatic heterocycles. The highest BCUT2D eigenvalue weighted by molar-refractivity contribution is 6.32. The lowest BCUT2D eigenvalue weighted by Gasteiger charge is -2.40. The van der Waals surface area contributed by atoms with Crippen LogP contribution in [-0.4, -0.2) is 41.5 Å². The quantitative estimate of drug-likeness (QED) is 0.819. The van der Waals surface area contributed by atoms with Gasteiger partial charge in [-0.05, 0) is 36.2 Å². The highest BCUT2D eigenvalue weighted by Gasteiger charge is 2.35. The number of nitrogens with zero attached hydrogens (tertiary/aromatic N) is 1. The van der Waals surface area contributed by atoms with Crippen LogP contribution in [0.15, 0.2) is 24.3 Å². The lowest BCUT2D eigenvalue weighted by Crippen LogP contribution is -2.52. The summed E-state index contributed by atoms with van der Waals surface area (Å²) in [6.45, 7) is 6.64. The van der Waals surface area contributed by atoms with Gasteiger partial charge in [-0.25, -0.2) is 0 Å². The lowest BCUT2D eigenvalue weighted by atomic mass is 9.81. The van der Waals surface area contributed by atoms with E-state index in [1.165, 1.54) is 22.1 Å². The van der Waals surface area contributed by atoms with Gasteiger partial charge < -0.3 is 10.3 Å². The third-order valence-corrected chi connectivity index (χ3v) is 5.66. The monoisotopic (exact) mass is 357 g/mol. The molecule has 132 valence electrons. The number of fused-ring (bicyclic) bond motifs is 2. The van der Waals surface area contributed by atoms with E-state index >= 15 is 0 Å². The van der Waals surface area contributed by atoms with E-state index in [2.05, 4.69) is 46.5 Å². The van der Waals surface area contributed by atoms with Gasteiger partial charge in [-0.3, -0.25) is 9.69 Å². The number of aromatic nitrogens is 1. The summed E-state index contributed by atoms with van der Waals surface area (Å²) < 4.78 is 0. The number of rotatable bonds is 1. The molecule has 1 aliphatic heterocycles. The first-order valence-electron chi connectivity index (χ1n) is 8.78. The Morgan fingerprint density at radius 2 is 2.12 bits per heavy atom. The number of halogens is 1. The molecule has 2 aromatic rings. The van der Waals surface area contributed by atoms with Crippen LogP contribution in [0.25, 0.3) is 16.5 Å². The van der Waals surface area contributed by atoms with Gasteiger partial charge in [0.1, 0.15) is 5.15 Å². The van der Waals surface area contributed by atoms with Crippen LogP contribution in [0, 0.1) is 5.41 Å². The highest BCUT2D eigenvalue weighted by atomic mass is 35.5. The fourth-order valence-electron chi connectivity index (χ4n) is 3.97. The first-order chi connectivity index (χ1) is 11.8. The largest absolute Gasteiger partial charge is 0.348 e. The molecule has 1 amide bonds. The van der Waals surface area contributed by atoms with Crippen molar-refractivity contribution in [2.24, 2.45) is 5.41 Å². The number of amides is 1. The Balaban J connectivity index is 1.78. The molecular formula is C20H24ClN3O. The maximum absolute atomic E-state index is 12.4. The second-order valence-electron chi connectivity index (χ2n) is 8.26. The molecule has 0 saturated heterocycles. The summed E-state index contributed by atoms with van der Waals surface area (Å²) in [5, 5.41) is 5.17. The van der Waals surface area contributed by atoms with Crippen LogP contribution >= 0.6 is 11.6 Å². The summed E-state index contributed by atoms with van der Waals surface area (Å²) in [6.07, 6.45) is 3.14. The lowest BCUT2D eigenvalue weighted by molar-refractivity contribution is -0.129. The number of aromatic amines is 1. The number of carbonyl (C=O) groups excluding carboxylic acids is 1. The number of benzene rings is 1. The van der Waals surface area contributed by atoms with Crippen LogP contribution in [0.3, 0.4) is 0 Å². The summed E-state index contributed by atoms with van der Waals surface area (Å²) in [5.41, 5.74) is 4.43. The van der Waals surface area contributed by atoms with Crippen molar-refractivity contribution in [3.8, 4) is 0 Å². The Morgan fingerprint density at radius 1 is 1.36 bits per heavy atom. The zero-order valence-corrected chi connectivity index (χ0v) is 15.9. The van der Waals surface area contributed by atoms with Gasteiger partial charge in [-0.1, -0.05) is 50.6 Å². The van der Waals surface area contributed by atoms with Crippen molar-refractivity contribution in [3.05, 3.63) is 40.6 Å². The molecule has 4 nitrogen and oxygen atoms in total. The number of hydrogen-bond acceptors (Lipinski definition) is 2. The highest BCUT2D eigenvalue weighted by Crippen LogP contribution is 2.42. The molecule has 5 heteroatoms. The van der Waals surface area contributed by atoms with Crippen molar-refractivity contribution < 1.29 is 4.79 Å². The predicted molar refractivity (Wildman–Crippen MR) is 103 cm³/mol. The zero-order chi connectivity index (χ0) is 17.9. The normalized spacial score (nSPS) is 23.3. The molecular weight excluding hydrogens is 334 g/mol. The van der Waals surface area contributed by atoms with Crippen LogP contribution in [0.5, 0.6) is 0 Å². The summed E-state index contributed by atoms with van der Waals surface area (Å²) >= 11 is 6.45. The molecule has 4 rings (SSSR count). The number of H-pyrrole nitrogens is 1. The van der Waals surface area contributed by atoms with E-state index in [1.807, 2.05) is 20.8 Å². The maximum Gasteiger partial charge on any atom is 0.225 e. The number of nitrogens with one attached hydrogen (secondary N) is 2. The smallest absolute Gasteiger partial charge is 0.225 e. The topological polar surface area (TPSA) is 48.1 Å². The molecule has 2 atom stereocenters. The van der Waals surface area contributed by atoms with Gasteiger partial charge in [-0.2, -0.15) is 0 Å². The van der Waals surface area contributed by atoms with Crippen molar-refractivity contribution >= 4 is 34.0 Å². The minimum atomic E-state index is -0.387. The second-order valence-corrected chi connectivity index (χ2v) is 8.64. The maximum atomic E-state index is 12.4. The van der Waals surface area contributed by atoms with Gasteiger partial charge in [0.05, 0.1) is 6.04 Å². The van der Waals surface area contributed by atoms with E-state index in [1.54, 1.807) is 0 Å². The Labute approximate surface area is 153 Å². The van der Waals surface area contributed by atoms with Gasteiger partial charge in [-0.15, -0.1) is 0 Å². The molecule has 2 heterocycles. The van der Waals surface area contributed by atoms with Crippen LogP contribution in [0.1, 0.15) is 31.9 Å². The fraction of sp³-hybridized carbons (Fsp3) is 0.450. The molecule has 1 aromatic carbocycles. The average molecular weight is 358 g/mol. The SMILES string of the molecule is CN1CC(NC(=O)C(C)(C)C)C=C2c3cccc4[nH]c(Cl)c(c34)C[C@H]21. The van der Waals surface area contributed by atoms with Crippen molar-refractivity contribution in [2.45, 2.75) is 39.3 Å². The molecule has 2 N–H and O–H groups in total. The standard InChI is InChI=1S/C20H24ClN3O/c1-20(2,3)19(25)22-11-8-13-12-6-5-7-15-17(12)14(18(21)23-15)9-16(13)24(4)10-11/h5-8,11,16,23H,9-10H2,1-4H3,(H,22,25)/t11?,16-/m1/s1. The van der Waals surface area contributed by atoms with Crippen molar-refractivity contribution in [1.29, 1.82) is 0 Å². The first-order valence-corrected chi connectivity index (χ1v) is 9.16. The van der Waals surface area contributed by atoms with E-state index in [-0.39, 0.29) is 17.4 Å². The zero-order valence-electron chi connectivity index (χ0n) is 15.1. The van der Waals surface area contributed by atoms with Crippen molar-refractivity contribution in [3.63, 3.8) is 0 Å². The minimum Gasteiger partial charge on any atom is -0.348 e. The van der Waals surface area contributed by atoms with E-state index in [9.17, 15) is 4.79 Å². The molecule has 25 heavy (non-hydrogen) atoms. The van der Waals surface area contributed by atoms with Crippen molar-refractivity contribution in [2.75, 3.05) is 13.6 Å². The van der Waals surface area contributed by atoms with E-state index in [0.717, 1.165) is 23.6 Å². The minimum absolute atomic E-state index is 0.0224. The summed E-state index contributed by atoms with van der Waals surface area (Å²) in [5.74, 6) is 0.0839. The van der Waals surface area contributed by atoms with Gasteiger partial charge in [0.15, 0.2) is 0 Å². The molecule has 0 spiro atoms. The van der Waals surface area contributed by atoms with Gasteiger partial charge in [0.2, 0.25) is 5.91 Å². The van der Waals surface area contributed by atoms with Crippen LogP contribution in [0.4, 0.5) is 0 Å². The van der Waals surface area contributed by atoms with Crippen LogP contribution in [-0.2, 0) is 11.2 Å². The third-order valence-electron chi connectivity index (χ3n) is 5.34. The Morgan fingerprint density at radius 3 is 2.84 bits per heavy atom. The molecule has 0 bridgehead atoms. The summed E-state index contributed by atoms with van der Waals surface area (Å²) in [7, 11) is 2.12. The summed E-state index contributed by atoms with van der Waals surface area (Å²) in [4.78, 5) is 18.0. The van der Waals surface area contributed by atoms with Crippen LogP contribution in [0.2, 0.25) is 5.15 Å². The van der Waals surface area contributed by atoms with Gasteiger partial charge in [0, 0.05) is 28.9 Å². The Kier molecular flexibility index (Phi) is 3.74. The predicted octanol–water partition coefficient (Wildman–Crippen LogP) is 3.61. The number of hydrogen-bond donors (Lipinski definition) is 2. The molecule has 0 radical (unpaired) electrons. The van der Waals surface area contributed by atoms with Crippen LogP contribution < -0.4 is 5.32 Å². The van der Waals surface area contributed by atoms with E-state index < -0.39 is 0 Å². The van der Waals surface area contributed by atoms with Gasteiger partial charge >= 0.3 is 0 Å². The number of carbonyl (C=O) groups is 1. The van der Waals surface area contributed by atoms with Gasteiger partial charge in [0.25, 0.3) is 0 Å². The first kappa shape index (κ1) is 16.7. The molecule has 1 unspecified atom stereocenters. The molecule has 1 aliphatic carbocycles. The van der Waals surface area contributed by atoms with E-state index in [0.29, 0.717) is 6.04 Å². The second kappa shape index (κ2) is 5.61. The van der Waals surface area contributed by atoms with Crippen molar-refractivity contribution in [1.82, 2.24) is 15.2 Å². The molecule has 0 fully saturated rings. The molecule has 0 saturated carbocycles. The number of likely N-dealkylation sites (N-methyl/N-ethyl adjacent to an activating group) is 1. The summed E-state index contributed by atoms with van der Waals surface area (Å²) in [6, 6.07) is 6.62. The Bertz CT molecular complexity index is 890.